The van der Waals surface area contributed by atoms with Gasteiger partial charge in [0.25, 0.3) is 5.56 Å². The number of hydrogen-bond donors (Lipinski definition) is 4. The van der Waals surface area contributed by atoms with E-state index in [1.165, 1.54) is 17.8 Å². The van der Waals surface area contributed by atoms with Crippen molar-refractivity contribution in [1.82, 2.24) is 14.9 Å². The van der Waals surface area contributed by atoms with Gasteiger partial charge in [-0.05, 0) is 69.2 Å². The van der Waals surface area contributed by atoms with E-state index in [1.807, 2.05) is 19.1 Å². The Morgan fingerprint density at radius 3 is 2.57 bits per heavy atom. The number of rotatable bonds is 10. The summed E-state index contributed by atoms with van der Waals surface area (Å²) in [7, 11) is 0. The van der Waals surface area contributed by atoms with E-state index in [4.69, 9.17) is 11.5 Å². The molecule has 1 aromatic heterocycles. The fraction of sp³-hybridized carbons (Fsp3) is 0.346. The summed E-state index contributed by atoms with van der Waals surface area (Å²) in [6.07, 6.45) is 3.75. The number of amidine groups is 1. The maximum Gasteiger partial charge on any atom is 0.260 e. The summed E-state index contributed by atoms with van der Waals surface area (Å²) in [6, 6.07) is 11.0. The number of fused-ring (bicyclic) bond motifs is 1. The van der Waals surface area contributed by atoms with Crippen LogP contribution in [-0.2, 0) is 13.0 Å². The van der Waals surface area contributed by atoms with Crippen LogP contribution in [0.4, 0.5) is 16.0 Å². The fourth-order valence-electron chi connectivity index (χ4n) is 4.20. The molecule has 0 amide bonds. The lowest BCUT2D eigenvalue weighted by Gasteiger charge is -2.22. The highest BCUT2D eigenvalue weighted by atomic mass is 19.1. The Labute approximate surface area is 204 Å². The van der Waals surface area contributed by atoms with Crippen molar-refractivity contribution in [2.45, 2.75) is 32.7 Å². The molecule has 1 aliphatic rings. The summed E-state index contributed by atoms with van der Waals surface area (Å²) in [5, 5.41) is 3.25. The van der Waals surface area contributed by atoms with E-state index >= 15 is 0 Å². The Balaban J connectivity index is 1.48. The molecular weight excluding hydrogens is 445 g/mol. The van der Waals surface area contributed by atoms with E-state index in [1.54, 1.807) is 12.1 Å². The molecule has 35 heavy (non-hydrogen) atoms. The highest BCUT2D eigenvalue weighted by Crippen LogP contribution is 2.25. The zero-order valence-corrected chi connectivity index (χ0v) is 20.0. The number of aromatic amines is 1. The van der Waals surface area contributed by atoms with Gasteiger partial charge in [-0.1, -0.05) is 29.8 Å². The molecule has 0 fully saturated rings. The van der Waals surface area contributed by atoms with Gasteiger partial charge in [0.15, 0.2) is 0 Å². The van der Waals surface area contributed by atoms with Crippen molar-refractivity contribution in [3.05, 3.63) is 75.5 Å². The van der Waals surface area contributed by atoms with E-state index in [2.05, 4.69) is 31.2 Å². The van der Waals surface area contributed by atoms with Crippen LogP contribution in [0.25, 0.3) is 11.1 Å². The first-order valence-electron chi connectivity index (χ1n) is 11.9. The summed E-state index contributed by atoms with van der Waals surface area (Å²) >= 11 is 0. The number of halogens is 1. The summed E-state index contributed by atoms with van der Waals surface area (Å²) in [6.45, 7) is 5.24. The van der Waals surface area contributed by atoms with E-state index in [9.17, 15) is 9.18 Å². The summed E-state index contributed by atoms with van der Waals surface area (Å²) in [5.41, 5.74) is 15.6. The molecule has 3 aromatic rings. The van der Waals surface area contributed by atoms with Crippen molar-refractivity contribution < 1.29 is 4.39 Å². The first-order chi connectivity index (χ1) is 17.0. The molecule has 1 aliphatic heterocycles. The molecule has 0 aliphatic carbocycles. The Morgan fingerprint density at radius 1 is 1.11 bits per heavy atom. The van der Waals surface area contributed by atoms with Crippen LogP contribution in [0.3, 0.4) is 0 Å². The first-order valence-corrected chi connectivity index (χ1v) is 11.9. The third-order valence-corrected chi connectivity index (χ3v) is 6.04. The highest BCUT2D eigenvalue weighted by molar-refractivity contribution is 6.03. The minimum absolute atomic E-state index is 0.207. The number of aromatic nitrogens is 2. The molecule has 0 saturated heterocycles. The van der Waals surface area contributed by atoms with Crippen LogP contribution in [-0.4, -0.2) is 46.9 Å². The van der Waals surface area contributed by atoms with Gasteiger partial charge in [-0.25, -0.2) is 9.37 Å². The van der Waals surface area contributed by atoms with Crippen molar-refractivity contribution in [2.75, 3.05) is 31.5 Å². The van der Waals surface area contributed by atoms with Crippen LogP contribution in [0, 0.1) is 12.7 Å². The van der Waals surface area contributed by atoms with E-state index in [0.29, 0.717) is 48.6 Å². The predicted molar refractivity (Wildman–Crippen MR) is 138 cm³/mol. The monoisotopic (exact) mass is 477 g/mol. The summed E-state index contributed by atoms with van der Waals surface area (Å²) in [5.74, 6) is 0.559. The van der Waals surface area contributed by atoms with Gasteiger partial charge in [-0.3, -0.25) is 14.7 Å². The molecule has 2 aromatic carbocycles. The number of H-pyrrole nitrogens is 1. The second-order valence-corrected chi connectivity index (χ2v) is 8.84. The molecule has 0 bridgehead atoms. The number of anilines is 1. The second kappa shape index (κ2) is 11.4. The maximum atomic E-state index is 14.9. The Kier molecular flexibility index (Phi) is 8.02. The molecule has 9 heteroatoms. The zero-order chi connectivity index (χ0) is 24.8. The van der Waals surface area contributed by atoms with Crippen LogP contribution in [0.5, 0.6) is 0 Å². The molecule has 4 rings (SSSR count). The molecule has 6 N–H and O–H groups in total. The van der Waals surface area contributed by atoms with Crippen molar-refractivity contribution in [1.29, 1.82) is 0 Å². The van der Waals surface area contributed by atoms with E-state index in [-0.39, 0.29) is 17.3 Å². The minimum atomic E-state index is -0.370. The van der Waals surface area contributed by atoms with Gasteiger partial charge >= 0.3 is 0 Å². The molecule has 0 radical (unpaired) electrons. The maximum absolute atomic E-state index is 14.9. The predicted octanol–water partition coefficient (Wildman–Crippen LogP) is 3.08. The van der Waals surface area contributed by atoms with E-state index in [0.717, 1.165) is 37.2 Å². The standard InChI is InChI=1S/C26H32FN7O/c1-17-4-7-23-20(12-17)14-24(31-23)32-26-30-15-21(25(35)33-26)18-5-6-19(22(27)13-18)16-34(10-2-8-28)11-3-9-29/h4-7,12-13,15H,2-3,8-11,14,16,28-29H2,1H3,(H2,30,31,32,33,35). The highest BCUT2D eigenvalue weighted by Gasteiger charge is 2.17. The number of aryl methyl sites for hydroxylation is 1. The van der Waals surface area contributed by atoms with Crippen molar-refractivity contribution in [3.63, 3.8) is 0 Å². The zero-order valence-electron chi connectivity index (χ0n) is 20.0. The third kappa shape index (κ3) is 6.19. The first kappa shape index (κ1) is 24.7. The smallest absolute Gasteiger partial charge is 0.260 e. The summed E-state index contributed by atoms with van der Waals surface area (Å²) < 4.78 is 14.9. The topological polar surface area (TPSA) is 125 Å². The molecular formula is C26H32FN7O. The molecule has 184 valence electrons. The molecule has 0 atom stereocenters. The van der Waals surface area contributed by atoms with Gasteiger partial charge in [0, 0.05) is 30.4 Å². The van der Waals surface area contributed by atoms with Gasteiger partial charge in [0.2, 0.25) is 5.95 Å². The normalized spacial score (nSPS) is 13.9. The second-order valence-electron chi connectivity index (χ2n) is 8.84. The number of nitrogens with zero attached hydrogens (tertiary/aromatic N) is 3. The van der Waals surface area contributed by atoms with Gasteiger partial charge < -0.3 is 16.8 Å². The van der Waals surface area contributed by atoms with Crippen LogP contribution in [0.1, 0.15) is 29.5 Å². The number of benzene rings is 2. The molecule has 0 saturated carbocycles. The summed E-state index contributed by atoms with van der Waals surface area (Å²) in [4.78, 5) is 26.3. The van der Waals surface area contributed by atoms with Crippen LogP contribution < -0.4 is 22.3 Å². The van der Waals surface area contributed by atoms with Gasteiger partial charge in [-0.15, -0.1) is 0 Å². The van der Waals surface area contributed by atoms with Gasteiger partial charge in [0.05, 0.1) is 5.56 Å². The Morgan fingerprint density at radius 2 is 1.89 bits per heavy atom. The minimum Gasteiger partial charge on any atom is -0.343 e. The Bertz CT molecular complexity index is 1260. The average molecular weight is 478 g/mol. The quantitative estimate of drug-likeness (QED) is 0.356. The van der Waals surface area contributed by atoms with Gasteiger partial charge in [0.1, 0.15) is 11.7 Å². The van der Waals surface area contributed by atoms with Crippen LogP contribution in [0.2, 0.25) is 0 Å². The molecule has 2 heterocycles. The largest absolute Gasteiger partial charge is 0.343 e. The van der Waals surface area contributed by atoms with E-state index < -0.39 is 0 Å². The number of aliphatic imine (C=N–C) groups is 1. The Hall–Kier alpha value is -3.40. The van der Waals surface area contributed by atoms with Gasteiger partial charge in [-0.2, -0.15) is 4.99 Å². The lowest BCUT2D eigenvalue weighted by atomic mass is 10.1. The third-order valence-electron chi connectivity index (χ3n) is 6.04. The van der Waals surface area contributed by atoms with Crippen molar-refractivity contribution in [2.24, 2.45) is 16.5 Å². The average Bonchev–Trinajstić information content (AvgIpc) is 3.23. The molecule has 8 nitrogen and oxygen atoms in total. The van der Waals surface area contributed by atoms with Crippen LogP contribution >= 0.6 is 0 Å². The lowest BCUT2D eigenvalue weighted by Crippen LogP contribution is -2.28. The van der Waals surface area contributed by atoms with Crippen LogP contribution in [0.15, 0.2) is 52.4 Å². The number of hydrogen-bond acceptors (Lipinski definition) is 6. The van der Waals surface area contributed by atoms with Crippen molar-refractivity contribution in [3.8, 4) is 11.1 Å². The SMILES string of the molecule is Cc1ccc2c(c1)CC(=Nc1ncc(-c3ccc(CN(CCCN)CCCN)c(F)c3)c(=O)[nH]1)N2. The number of nitrogens with one attached hydrogen (secondary N) is 2. The molecule has 0 spiro atoms. The number of nitrogens with two attached hydrogens (primary N) is 2. The lowest BCUT2D eigenvalue weighted by molar-refractivity contribution is 0.258. The van der Waals surface area contributed by atoms with Crippen molar-refractivity contribution >= 4 is 17.5 Å². The fourth-order valence-corrected chi connectivity index (χ4v) is 4.20. The molecule has 0 unspecified atom stereocenters.